The fourth-order valence-corrected chi connectivity index (χ4v) is 3.15. The van der Waals surface area contributed by atoms with Gasteiger partial charge in [0.1, 0.15) is 0 Å². The monoisotopic (exact) mass is 237 g/mol. The van der Waals surface area contributed by atoms with Crippen LogP contribution in [0.15, 0.2) is 0 Å². The largest absolute Gasteiger partial charge is 0.391 e. The van der Waals surface area contributed by atoms with Crippen molar-refractivity contribution >= 4 is 0 Å². The van der Waals surface area contributed by atoms with Gasteiger partial charge in [0, 0.05) is 12.0 Å². The van der Waals surface area contributed by atoms with Crippen LogP contribution < -0.4 is 5.73 Å². The summed E-state index contributed by atoms with van der Waals surface area (Å²) in [6, 6.07) is -0.384. The zero-order valence-electron chi connectivity index (χ0n) is 9.50. The third kappa shape index (κ3) is 1.95. The molecule has 0 amide bonds. The number of fused-ring (bicyclic) bond motifs is 1. The lowest BCUT2D eigenvalue weighted by atomic mass is 9.72. The average Bonchev–Trinajstić information content (AvgIpc) is 2.41. The van der Waals surface area contributed by atoms with Crippen molar-refractivity contribution < 1.29 is 17.9 Å². The second-order valence-corrected chi connectivity index (χ2v) is 5.19. The van der Waals surface area contributed by atoms with Crippen LogP contribution in [0.5, 0.6) is 0 Å². The van der Waals surface area contributed by atoms with Crippen LogP contribution in [0.25, 0.3) is 0 Å². The number of nitrogens with two attached hydrogens (primary N) is 1. The second kappa shape index (κ2) is 3.88. The quantitative estimate of drug-likeness (QED) is 0.701. The van der Waals surface area contributed by atoms with Crippen molar-refractivity contribution in [2.45, 2.75) is 51.1 Å². The molecule has 0 spiro atoms. The first-order valence-corrected chi connectivity index (χ1v) is 5.78. The van der Waals surface area contributed by atoms with E-state index in [1.165, 1.54) is 0 Å². The Labute approximate surface area is 93.3 Å². The van der Waals surface area contributed by atoms with Gasteiger partial charge in [0.05, 0.1) is 18.1 Å². The lowest BCUT2D eigenvalue weighted by Crippen LogP contribution is -2.48. The third-order valence-electron chi connectivity index (χ3n) is 4.20. The molecule has 5 heteroatoms. The van der Waals surface area contributed by atoms with Crippen molar-refractivity contribution in [1.82, 2.24) is 0 Å². The third-order valence-corrected chi connectivity index (χ3v) is 4.20. The van der Waals surface area contributed by atoms with Gasteiger partial charge in [-0.25, -0.2) is 0 Å². The molecule has 2 nitrogen and oxygen atoms in total. The average molecular weight is 237 g/mol. The van der Waals surface area contributed by atoms with Gasteiger partial charge in [0.15, 0.2) is 0 Å². The summed E-state index contributed by atoms with van der Waals surface area (Å²) in [6.07, 6.45) is -4.30. The maximum Gasteiger partial charge on any atom is 0.391 e. The maximum atomic E-state index is 12.7. The van der Waals surface area contributed by atoms with E-state index in [4.69, 9.17) is 10.5 Å². The summed E-state index contributed by atoms with van der Waals surface area (Å²) in [7, 11) is 0. The zero-order valence-corrected chi connectivity index (χ0v) is 9.50. The van der Waals surface area contributed by atoms with Crippen molar-refractivity contribution in [3.63, 3.8) is 0 Å². The summed E-state index contributed by atoms with van der Waals surface area (Å²) in [5.74, 6) is -0.941. The van der Waals surface area contributed by atoms with Gasteiger partial charge < -0.3 is 10.5 Å². The first kappa shape index (κ1) is 12.2. The van der Waals surface area contributed by atoms with Crippen molar-refractivity contribution in [1.29, 1.82) is 0 Å². The topological polar surface area (TPSA) is 35.2 Å². The van der Waals surface area contributed by atoms with Crippen molar-refractivity contribution in [3.05, 3.63) is 0 Å². The summed E-state index contributed by atoms with van der Waals surface area (Å²) in [5.41, 5.74) is 5.88. The molecule has 94 valence electrons. The lowest BCUT2D eigenvalue weighted by molar-refractivity contribution is -0.195. The van der Waals surface area contributed by atoms with Crippen LogP contribution >= 0.6 is 0 Å². The Morgan fingerprint density at radius 2 is 1.81 bits per heavy atom. The van der Waals surface area contributed by atoms with Crippen LogP contribution in [0.1, 0.15) is 26.7 Å². The van der Waals surface area contributed by atoms with E-state index in [-0.39, 0.29) is 42.9 Å². The molecule has 0 radical (unpaired) electrons. The Morgan fingerprint density at radius 1 is 1.19 bits per heavy atom. The van der Waals surface area contributed by atoms with Crippen LogP contribution in [0.4, 0.5) is 13.2 Å². The predicted octanol–water partition coefficient (Wildman–Crippen LogP) is 2.33. The number of rotatable bonds is 0. The SMILES string of the molecule is C[C@H]1[C@H]2[C@H](N)C[C@H](C(F)(F)F)C[C@@H]2O[C@H]1C. The van der Waals surface area contributed by atoms with Gasteiger partial charge in [0.2, 0.25) is 0 Å². The molecule has 2 aliphatic rings. The summed E-state index contributed by atoms with van der Waals surface area (Å²) in [6.45, 7) is 3.93. The van der Waals surface area contributed by atoms with E-state index < -0.39 is 12.1 Å². The standard InChI is InChI=1S/C11H18F3NO/c1-5-6(2)16-9-4-7(11(12,13)14)3-8(15)10(5)9/h5-10H,3-4,15H2,1-2H3/t5-,6+,7+,8-,9+,10+/m1/s1. The van der Waals surface area contributed by atoms with E-state index in [0.717, 1.165) is 0 Å². The van der Waals surface area contributed by atoms with Crippen LogP contribution in [0, 0.1) is 17.8 Å². The first-order chi connectivity index (χ1) is 7.30. The van der Waals surface area contributed by atoms with Gasteiger partial charge in [-0.2, -0.15) is 13.2 Å². The molecule has 0 unspecified atom stereocenters. The number of halogens is 3. The fraction of sp³-hybridized carbons (Fsp3) is 1.00. The Bertz CT molecular complexity index is 268. The summed E-state index contributed by atoms with van der Waals surface area (Å²) in [4.78, 5) is 0. The van der Waals surface area contributed by atoms with Gasteiger partial charge in [-0.1, -0.05) is 6.92 Å². The van der Waals surface area contributed by atoms with E-state index >= 15 is 0 Å². The van der Waals surface area contributed by atoms with Gasteiger partial charge in [-0.3, -0.25) is 0 Å². The van der Waals surface area contributed by atoms with Crippen molar-refractivity contribution in [2.24, 2.45) is 23.5 Å². The minimum Gasteiger partial charge on any atom is -0.375 e. The normalized spacial score (nSPS) is 49.1. The molecule has 1 aliphatic carbocycles. The van der Waals surface area contributed by atoms with Gasteiger partial charge in [0.25, 0.3) is 0 Å². The molecule has 0 aromatic rings. The molecule has 16 heavy (non-hydrogen) atoms. The molecule has 6 atom stereocenters. The molecule has 1 aliphatic heterocycles. The maximum absolute atomic E-state index is 12.7. The van der Waals surface area contributed by atoms with Gasteiger partial charge >= 0.3 is 6.18 Å². The van der Waals surface area contributed by atoms with E-state index in [2.05, 4.69) is 0 Å². The van der Waals surface area contributed by atoms with Crippen molar-refractivity contribution in [2.75, 3.05) is 0 Å². The van der Waals surface area contributed by atoms with Crippen LogP contribution in [0.2, 0.25) is 0 Å². The highest BCUT2D eigenvalue weighted by Gasteiger charge is 2.53. The number of hydrogen-bond donors (Lipinski definition) is 1. The zero-order chi connectivity index (χ0) is 12.1. The molecular formula is C11H18F3NO. The molecule has 2 fully saturated rings. The highest BCUT2D eigenvalue weighted by atomic mass is 19.4. The molecule has 0 aromatic carbocycles. The molecule has 1 heterocycles. The highest BCUT2D eigenvalue weighted by Crippen LogP contribution is 2.46. The number of hydrogen-bond acceptors (Lipinski definition) is 2. The summed E-state index contributed by atoms with van der Waals surface area (Å²) in [5, 5.41) is 0. The Morgan fingerprint density at radius 3 is 2.38 bits per heavy atom. The molecule has 0 bridgehead atoms. The van der Waals surface area contributed by atoms with Crippen LogP contribution in [0.3, 0.4) is 0 Å². The van der Waals surface area contributed by atoms with Gasteiger partial charge in [-0.15, -0.1) is 0 Å². The van der Waals surface area contributed by atoms with Gasteiger partial charge in [-0.05, 0) is 25.7 Å². The lowest BCUT2D eigenvalue weighted by Gasteiger charge is -2.37. The Balaban J connectivity index is 2.12. The molecule has 1 saturated heterocycles. The fourth-order valence-electron chi connectivity index (χ4n) is 3.15. The van der Waals surface area contributed by atoms with Crippen molar-refractivity contribution in [3.8, 4) is 0 Å². The summed E-state index contributed by atoms with van der Waals surface area (Å²) >= 11 is 0. The van der Waals surface area contributed by atoms with Crippen LogP contribution in [-0.2, 0) is 4.74 Å². The smallest absolute Gasteiger partial charge is 0.375 e. The Hall–Kier alpha value is -0.290. The minimum atomic E-state index is -4.14. The van der Waals surface area contributed by atoms with E-state index in [0.29, 0.717) is 0 Å². The minimum absolute atomic E-state index is 0.0213. The predicted molar refractivity (Wildman–Crippen MR) is 53.7 cm³/mol. The van der Waals surface area contributed by atoms with E-state index in [1.807, 2.05) is 13.8 Å². The summed E-state index contributed by atoms with van der Waals surface area (Å²) < 4.78 is 43.6. The van der Waals surface area contributed by atoms with E-state index in [9.17, 15) is 13.2 Å². The molecule has 2 N–H and O–H groups in total. The molecule has 1 saturated carbocycles. The van der Waals surface area contributed by atoms with E-state index in [1.54, 1.807) is 0 Å². The molecule has 0 aromatic heterocycles. The molecule has 2 rings (SSSR count). The number of ether oxygens (including phenoxy) is 1. The first-order valence-electron chi connectivity index (χ1n) is 5.78. The van der Waals surface area contributed by atoms with Crippen LogP contribution in [-0.4, -0.2) is 24.4 Å². The highest BCUT2D eigenvalue weighted by molar-refractivity contribution is 4.98. The molecular weight excluding hydrogens is 219 g/mol. The Kier molecular flexibility index (Phi) is 2.95. The number of alkyl halides is 3. The second-order valence-electron chi connectivity index (χ2n) is 5.19.